The SMILES string of the molecule is COCC(=O)NC1CCC(Oc2cc(N3CCOCC3)cc3ncncc23)CC1.NC1CCC(Oc2cc(N3CCOCC3)cc3ncncc23)CC1. The van der Waals surface area contributed by atoms with Crippen molar-refractivity contribution in [3.63, 3.8) is 0 Å². The van der Waals surface area contributed by atoms with Crippen LogP contribution in [0.25, 0.3) is 21.8 Å². The molecule has 14 heteroatoms. The number of aromatic nitrogens is 4. The van der Waals surface area contributed by atoms with Crippen molar-refractivity contribution >= 4 is 39.1 Å². The standard InChI is InChI=1S/C21H28N4O4.C18H24N4O2/c1-27-13-21(26)24-15-2-4-17(5-3-15)29-20-11-16(25-6-8-28-9-7-25)10-19-18(20)12-22-14-23-19;19-13-1-3-15(4-2-13)24-18-10-14(22-5-7-23-8-6-22)9-17-16(18)11-20-12-21-17/h10-12,14-15,17H,2-9,13H2,1H3,(H,24,26);9-13,15H,1-8,19H2. The lowest BCUT2D eigenvalue weighted by atomic mass is 9.93. The number of morpholine rings is 2. The maximum absolute atomic E-state index is 11.7. The van der Waals surface area contributed by atoms with Crippen molar-refractivity contribution in [2.45, 2.75) is 75.7 Å². The van der Waals surface area contributed by atoms with E-state index in [9.17, 15) is 4.79 Å². The van der Waals surface area contributed by atoms with Gasteiger partial charge in [-0.15, -0.1) is 0 Å². The van der Waals surface area contributed by atoms with E-state index in [1.54, 1.807) is 12.7 Å². The Labute approximate surface area is 310 Å². The lowest BCUT2D eigenvalue weighted by Gasteiger charge is -2.31. The van der Waals surface area contributed by atoms with Gasteiger partial charge in [0.05, 0.1) is 60.4 Å². The van der Waals surface area contributed by atoms with Gasteiger partial charge in [0.2, 0.25) is 5.91 Å². The van der Waals surface area contributed by atoms with Crippen LogP contribution in [0, 0.1) is 0 Å². The van der Waals surface area contributed by atoms with E-state index < -0.39 is 0 Å². The van der Waals surface area contributed by atoms with Crippen LogP contribution in [0.4, 0.5) is 11.4 Å². The number of methoxy groups -OCH3 is 1. The van der Waals surface area contributed by atoms with Gasteiger partial charge in [-0.3, -0.25) is 4.79 Å². The topological polar surface area (TPSA) is 159 Å². The van der Waals surface area contributed by atoms with Crippen molar-refractivity contribution in [3.8, 4) is 11.5 Å². The molecule has 0 atom stereocenters. The Hall–Kier alpha value is -4.37. The number of nitrogens with one attached hydrogen (secondary N) is 1. The average Bonchev–Trinajstić information content (AvgIpc) is 3.20. The quantitative estimate of drug-likeness (QED) is 0.255. The van der Waals surface area contributed by atoms with Crippen LogP contribution in [0.5, 0.6) is 11.5 Å². The number of amides is 1. The molecule has 4 aromatic rings. The number of hydrogen-bond acceptors (Lipinski definition) is 13. The number of carbonyl (C=O) groups is 1. The van der Waals surface area contributed by atoms with Gasteiger partial charge in [0.15, 0.2) is 0 Å². The second-order valence-corrected chi connectivity index (χ2v) is 14.2. The van der Waals surface area contributed by atoms with Gasteiger partial charge in [0, 0.05) is 81.3 Å². The Balaban J connectivity index is 0.000000167. The highest BCUT2D eigenvalue weighted by Crippen LogP contribution is 2.35. The predicted octanol–water partition coefficient (Wildman–Crippen LogP) is 4.03. The van der Waals surface area contributed by atoms with E-state index in [0.717, 1.165) is 149 Å². The Morgan fingerprint density at radius 3 is 1.68 bits per heavy atom. The van der Waals surface area contributed by atoms with Crippen LogP contribution in [0.2, 0.25) is 0 Å². The van der Waals surface area contributed by atoms with Crippen molar-refractivity contribution in [1.29, 1.82) is 0 Å². The number of benzene rings is 2. The smallest absolute Gasteiger partial charge is 0.246 e. The number of nitrogens with two attached hydrogens (primary N) is 1. The van der Waals surface area contributed by atoms with E-state index in [2.05, 4.69) is 59.3 Å². The maximum Gasteiger partial charge on any atom is 0.246 e. The largest absolute Gasteiger partial charge is 0.490 e. The number of hydrogen-bond donors (Lipinski definition) is 2. The van der Waals surface area contributed by atoms with Crippen LogP contribution in [0.15, 0.2) is 49.3 Å². The maximum atomic E-state index is 11.7. The molecule has 14 nitrogen and oxygen atoms in total. The van der Waals surface area contributed by atoms with Gasteiger partial charge in [-0.1, -0.05) is 0 Å². The van der Waals surface area contributed by atoms with Crippen LogP contribution < -0.4 is 30.3 Å². The molecular weight excluding hydrogens is 676 g/mol. The summed E-state index contributed by atoms with van der Waals surface area (Å²) in [7, 11) is 1.53. The van der Waals surface area contributed by atoms with Crippen molar-refractivity contribution in [2.75, 3.05) is 76.1 Å². The molecule has 4 fully saturated rings. The van der Waals surface area contributed by atoms with E-state index in [0.29, 0.717) is 6.04 Å². The van der Waals surface area contributed by atoms with Gasteiger partial charge in [0.25, 0.3) is 0 Å². The number of rotatable bonds is 9. The molecule has 2 saturated carbocycles. The highest BCUT2D eigenvalue weighted by atomic mass is 16.5. The molecule has 2 aliphatic heterocycles. The Kier molecular flexibility index (Phi) is 12.6. The lowest BCUT2D eigenvalue weighted by Crippen LogP contribution is -2.41. The van der Waals surface area contributed by atoms with Crippen molar-refractivity contribution in [3.05, 3.63) is 49.3 Å². The number of anilines is 2. The summed E-state index contributed by atoms with van der Waals surface area (Å²) in [4.78, 5) is 33.6. The van der Waals surface area contributed by atoms with Gasteiger partial charge in [-0.2, -0.15) is 0 Å². The third kappa shape index (κ3) is 9.79. The fourth-order valence-electron chi connectivity index (χ4n) is 7.57. The molecule has 3 N–H and O–H groups in total. The zero-order chi connectivity index (χ0) is 36.4. The minimum Gasteiger partial charge on any atom is -0.490 e. The molecule has 0 spiro atoms. The Morgan fingerprint density at radius 2 is 1.21 bits per heavy atom. The van der Waals surface area contributed by atoms with E-state index in [1.807, 2.05) is 12.4 Å². The van der Waals surface area contributed by atoms with Gasteiger partial charge < -0.3 is 44.5 Å². The fraction of sp³-hybridized carbons (Fsp3) is 0.564. The van der Waals surface area contributed by atoms with E-state index in [1.165, 1.54) is 7.11 Å². The van der Waals surface area contributed by atoms with Gasteiger partial charge in [-0.25, -0.2) is 19.9 Å². The third-order valence-corrected chi connectivity index (χ3v) is 10.5. The number of carbonyl (C=O) groups excluding carboxylic acids is 1. The second-order valence-electron chi connectivity index (χ2n) is 14.2. The second kappa shape index (κ2) is 18.1. The summed E-state index contributed by atoms with van der Waals surface area (Å²) < 4.78 is 28.6. The molecule has 284 valence electrons. The Morgan fingerprint density at radius 1 is 0.736 bits per heavy atom. The van der Waals surface area contributed by atoms with Crippen molar-refractivity contribution < 1.29 is 28.5 Å². The molecule has 0 unspecified atom stereocenters. The summed E-state index contributed by atoms with van der Waals surface area (Å²) in [6.45, 7) is 6.62. The van der Waals surface area contributed by atoms with Crippen LogP contribution in [0.3, 0.4) is 0 Å². The molecule has 2 aromatic carbocycles. The van der Waals surface area contributed by atoms with Crippen LogP contribution >= 0.6 is 0 Å². The third-order valence-electron chi connectivity index (χ3n) is 10.5. The zero-order valence-electron chi connectivity index (χ0n) is 30.7. The van der Waals surface area contributed by atoms with Crippen molar-refractivity contribution in [2.24, 2.45) is 5.73 Å². The molecule has 1 amide bonds. The first-order valence-electron chi connectivity index (χ1n) is 19.0. The molecular formula is C39H52N8O6. The first kappa shape index (κ1) is 37.0. The fourth-order valence-corrected chi connectivity index (χ4v) is 7.57. The number of fused-ring (bicyclic) bond motifs is 2. The normalized spacial score (nSPS) is 23.6. The monoisotopic (exact) mass is 728 g/mol. The number of nitrogens with zero attached hydrogens (tertiary/aromatic N) is 6. The van der Waals surface area contributed by atoms with Crippen LogP contribution in [-0.2, 0) is 19.0 Å². The zero-order valence-corrected chi connectivity index (χ0v) is 30.7. The molecule has 0 bridgehead atoms. The molecule has 2 saturated heterocycles. The molecule has 4 aliphatic rings. The molecule has 2 aliphatic carbocycles. The van der Waals surface area contributed by atoms with E-state index >= 15 is 0 Å². The van der Waals surface area contributed by atoms with Crippen LogP contribution in [0.1, 0.15) is 51.4 Å². The molecule has 0 radical (unpaired) electrons. The summed E-state index contributed by atoms with van der Waals surface area (Å²) in [6, 6.07) is 8.96. The first-order chi connectivity index (χ1) is 26.0. The highest BCUT2D eigenvalue weighted by molar-refractivity contribution is 5.89. The van der Waals surface area contributed by atoms with Gasteiger partial charge >= 0.3 is 0 Å². The summed E-state index contributed by atoms with van der Waals surface area (Å²) in [5, 5.41) is 4.93. The first-order valence-corrected chi connectivity index (χ1v) is 19.0. The lowest BCUT2D eigenvalue weighted by molar-refractivity contribution is -0.125. The average molecular weight is 729 g/mol. The minimum absolute atomic E-state index is 0.0572. The van der Waals surface area contributed by atoms with Gasteiger partial charge in [0.1, 0.15) is 30.8 Å². The molecule has 2 aromatic heterocycles. The molecule has 53 heavy (non-hydrogen) atoms. The van der Waals surface area contributed by atoms with Gasteiger partial charge in [-0.05, 0) is 63.5 Å². The van der Waals surface area contributed by atoms with E-state index in [4.69, 9.17) is 29.4 Å². The Bertz CT molecular complexity index is 1790. The molecule has 4 heterocycles. The molecule has 8 rings (SSSR count). The summed E-state index contributed by atoms with van der Waals surface area (Å²) in [5.74, 6) is 1.66. The van der Waals surface area contributed by atoms with E-state index in [-0.39, 0.29) is 30.8 Å². The predicted molar refractivity (Wildman–Crippen MR) is 203 cm³/mol. The summed E-state index contributed by atoms with van der Waals surface area (Å²) >= 11 is 0. The summed E-state index contributed by atoms with van der Waals surface area (Å²) in [6.07, 6.45) is 14.9. The summed E-state index contributed by atoms with van der Waals surface area (Å²) in [5.41, 5.74) is 10.1. The highest BCUT2D eigenvalue weighted by Gasteiger charge is 2.26. The number of ether oxygens (including phenoxy) is 5. The van der Waals surface area contributed by atoms with Crippen molar-refractivity contribution in [1.82, 2.24) is 25.3 Å². The van der Waals surface area contributed by atoms with Crippen LogP contribution in [-0.4, -0.2) is 116 Å². The minimum atomic E-state index is -0.0572.